The monoisotopic (exact) mass is 382 g/mol. The van der Waals surface area contributed by atoms with Gasteiger partial charge in [0.1, 0.15) is 0 Å². The third-order valence-electron chi connectivity index (χ3n) is 3.96. The van der Waals surface area contributed by atoms with Crippen molar-refractivity contribution < 1.29 is 22.0 Å². The Hall–Kier alpha value is -2.32. The van der Waals surface area contributed by atoms with Crippen LogP contribution in [0, 0.1) is 11.6 Å². The van der Waals surface area contributed by atoms with Gasteiger partial charge in [0.15, 0.2) is 11.6 Å². The predicted molar refractivity (Wildman–Crippen MR) is 93.9 cm³/mol. The van der Waals surface area contributed by atoms with Gasteiger partial charge in [0, 0.05) is 6.42 Å². The number of halogens is 2. The summed E-state index contributed by atoms with van der Waals surface area (Å²) in [6, 6.07) is 9.29. The molecule has 1 amide bonds. The summed E-state index contributed by atoms with van der Waals surface area (Å²) in [4.78, 5) is 12.2. The molecule has 0 fully saturated rings. The Morgan fingerprint density at radius 2 is 1.73 bits per heavy atom. The summed E-state index contributed by atoms with van der Waals surface area (Å²) in [5.41, 5.74) is 1.29. The summed E-state index contributed by atoms with van der Waals surface area (Å²) in [5, 5.41) is 2.72. The van der Waals surface area contributed by atoms with Gasteiger partial charge in [-0.3, -0.25) is 4.79 Å². The molecule has 26 heavy (non-hydrogen) atoms. The highest BCUT2D eigenvalue weighted by Gasteiger charge is 2.13. The number of carbonyl (C=O) groups excluding carboxylic acids is 1. The van der Waals surface area contributed by atoms with Crippen molar-refractivity contribution in [1.82, 2.24) is 10.0 Å². The number of amides is 1. The molecule has 0 aromatic heterocycles. The predicted octanol–water partition coefficient (Wildman–Crippen LogP) is 2.68. The first-order valence-electron chi connectivity index (χ1n) is 7.99. The fourth-order valence-electron chi connectivity index (χ4n) is 2.39. The van der Waals surface area contributed by atoms with Crippen molar-refractivity contribution in [3.8, 4) is 0 Å². The van der Waals surface area contributed by atoms with Gasteiger partial charge in [-0.25, -0.2) is 21.9 Å². The number of nitrogens with one attached hydrogen (secondary N) is 2. The topological polar surface area (TPSA) is 75.3 Å². The van der Waals surface area contributed by atoms with Crippen LogP contribution in [0.3, 0.4) is 0 Å². The Balaban J connectivity index is 1.91. The largest absolute Gasteiger partial charge is 0.350 e. The van der Waals surface area contributed by atoms with Crippen LogP contribution < -0.4 is 10.0 Å². The number of hydrogen-bond acceptors (Lipinski definition) is 3. The van der Waals surface area contributed by atoms with Crippen LogP contribution in [0.25, 0.3) is 0 Å². The average Bonchev–Trinajstić information content (AvgIpc) is 2.62. The van der Waals surface area contributed by atoms with E-state index in [1.54, 1.807) is 19.1 Å². The highest BCUT2D eigenvalue weighted by molar-refractivity contribution is 7.89. The number of aryl methyl sites for hydroxylation is 1. The fraction of sp³-hybridized carbons (Fsp3) is 0.278. The summed E-state index contributed by atoms with van der Waals surface area (Å²) < 4.78 is 51.7. The van der Waals surface area contributed by atoms with Gasteiger partial charge < -0.3 is 5.32 Å². The quantitative estimate of drug-likeness (QED) is 0.773. The zero-order valence-electron chi connectivity index (χ0n) is 14.4. The number of carbonyl (C=O) groups is 1. The smallest absolute Gasteiger partial charge is 0.240 e. The van der Waals surface area contributed by atoms with E-state index in [0.717, 1.165) is 17.7 Å². The maximum atomic E-state index is 13.3. The van der Waals surface area contributed by atoms with Gasteiger partial charge in [0.2, 0.25) is 15.9 Å². The van der Waals surface area contributed by atoms with E-state index in [1.807, 2.05) is 0 Å². The zero-order chi connectivity index (χ0) is 19.3. The van der Waals surface area contributed by atoms with Gasteiger partial charge in [0.25, 0.3) is 0 Å². The molecule has 0 heterocycles. The van der Waals surface area contributed by atoms with Crippen molar-refractivity contribution in [1.29, 1.82) is 0 Å². The number of hydrogen-bond donors (Lipinski definition) is 2. The molecule has 1 atom stereocenters. The van der Waals surface area contributed by atoms with Crippen LogP contribution in [0.1, 0.15) is 30.5 Å². The molecule has 5 nitrogen and oxygen atoms in total. The Kier molecular flexibility index (Phi) is 6.44. The van der Waals surface area contributed by atoms with Crippen molar-refractivity contribution in [3.05, 3.63) is 65.2 Å². The second-order valence-electron chi connectivity index (χ2n) is 5.81. The van der Waals surface area contributed by atoms with Crippen LogP contribution in [0.2, 0.25) is 0 Å². The molecule has 140 valence electrons. The van der Waals surface area contributed by atoms with E-state index < -0.39 is 27.7 Å². The lowest BCUT2D eigenvalue weighted by Crippen LogP contribution is -2.27. The van der Waals surface area contributed by atoms with E-state index >= 15 is 0 Å². The molecule has 0 spiro atoms. The molecule has 8 heteroatoms. The molecule has 2 aromatic carbocycles. The minimum atomic E-state index is -3.49. The Morgan fingerprint density at radius 1 is 1.08 bits per heavy atom. The Bertz CT molecular complexity index is 884. The molecule has 0 unspecified atom stereocenters. The zero-order valence-corrected chi connectivity index (χ0v) is 15.2. The first kappa shape index (κ1) is 20.0. The van der Waals surface area contributed by atoms with Crippen molar-refractivity contribution in [2.75, 3.05) is 7.05 Å². The first-order valence-corrected chi connectivity index (χ1v) is 9.48. The summed E-state index contributed by atoms with van der Waals surface area (Å²) in [7, 11) is -2.15. The van der Waals surface area contributed by atoms with Gasteiger partial charge in [-0.05, 0) is 55.8 Å². The van der Waals surface area contributed by atoms with Gasteiger partial charge in [0.05, 0.1) is 10.9 Å². The lowest BCUT2D eigenvalue weighted by molar-refractivity contribution is -0.121. The van der Waals surface area contributed by atoms with Crippen LogP contribution in [-0.4, -0.2) is 21.4 Å². The van der Waals surface area contributed by atoms with Crippen molar-refractivity contribution in [2.24, 2.45) is 0 Å². The molecule has 2 rings (SSSR count). The van der Waals surface area contributed by atoms with Crippen LogP contribution in [0.4, 0.5) is 8.78 Å². The van der Waals surface area contributed by atoms with E-state index in [-0.39, 0.29) is 17.2 Å². The number of sulfonamides is 1. The first-order chi connectivity index (χ1) is 12.2. The number of benzene rings is 2. The van der Waals surface area contributed by atoms with Gasteiger partial charge in [-0.15, -0.1) is 0 Å². The molecule has 0 saturated heterocycles. The van der Waals surface area contributed by atoms with Gasteiger partial charge in [-0.1, -0.05) is 18.2 Å². The van der Waals surface area contributed by atoms with Gasteiger partial charge >= 0.3 is 0 Å². The molecule has 0 saturated carbocycles. The lowest BCUT2D eigenvalue weighted by atomic mass is 10.1. The van der Waals surface area contributed by atoms with Gasteiger partial charge in [-0.2, -0.15) is 0 Å². The van der Waals surface area contributed by atoms with E-state index in [4.69, 9.17) is 0 Å². The molecule has 0 aliphatic carbocycles. The molecule has 0 aliphatic heterocycles. The maximum absolute atomic E-state index is 13.3. The third kappa shape index (κ3) is 5.09. The highest BCUT2D eigenvalue weighted by Crippen LogP contribution is 2.16. The standard InChI is InChI=1S/C18H20F2N2O3S/c1-12(14-6-9-16(19)17(20)11-14)22-18(23)10-5-13-3-7-15(8-4-13)26(24,25)21-2/h3-4,6-9,11-12,21H,5,10H2,1-2H3,(H,22,23)/t12-/m1/s1. The van der Waals surface area contributed by atoms with E-state index in [9.17, 15) is 22.0 Å². The normalized spacial score (nSPS) is 12.6. The van der Waals surface area contributed by atoms with E-state index in [1.165, 1.54) is 25.2 Å². The maximum Gasteiger partial charge on any atom is 0.240 e. The molecule has 0 bridgehead atoms. The van der Waals surface area contributed by atoms with Crippen molar-refractivity contribution in [2.45, 2.75) is 30.7 Å². The molecule has 2 aromatic rings. The summed E-state index contributed by atoms with van der Waals surface area (Å²) >= 11 is 0. The Labute approximate surface area is 151 Å². The third-order valence-corrected chi connectivity index (χ3v) is 5.39. The lowest BCUT2D eigenvalue weighted by Gasteiger charge is -2.14. The fourth-order valence-corrected chi connectivity index (χ4v) is 3.12. The summed E-state index contributed by atoms with van der Waals surface area (Å²) in [6.07, 6.45) is 0.613. The average molecular weight is 382 g/mol. The van der Waals surface area contributed by atoms with E-state index in [2.05, 4.69) is 10.0 Å². The van der Waals surface area contributed by atoms with Crippen molar-refractivity contribution >= 4 is 15.9 Å². The summed E-state index contributed by atoms with van der Waals surface area (Å²) in [6.45, 7) is 1.68. The molecular formula is C18H20F2N2O3S. The molecule has 0 aliphatic rings. The second-order valence-corrected chi connectivity index (χ2v) is 7.70. The molecule has 0 radical (unpaired) electrons. The number of rotatable bonds is 7. The minimum Gasteiger partial charge on any atom is -0.350 e. The second kappa shape index (κ2) is 8.37. The van der Waals surface area contributed by atoms with E-state index in [0.29, 0.717) is 12.0 Å². The van der Waals surface area contributed by atoms with Crippen LogP contribution >= 0.6 is 0 Å². The van der Waals surface area contributed by atoms with Crippen LogP contribution in [0.5, 0.6) is 0 Å². The molecular weight excluding hydrogens is 362 g/mol. The van der Waals surface area contributed by atoms with Crippen LogP contribution in [-0.2, 0) is 21.2 Å². The molecule has 2 N–H and O–H groups in total. The van der Waals surface area contributed by atoms with Crippen molar-refractivity contribution in [3.63, 3.8) is 0 Å². The SMILES string of the molecule is CNS(=O)(=O)c1ccc(CCC(=O)N[C@H](C)c2ccc(F)c(F)c2)cc1. The van der Waals surface area contributed by atoms with Crippen LogP contribution in [0.15, 0.2) is 47.4 Å². The highest BCUT2D eigenvalue weighted by atomic mass is 32.2. The Morgan fingerprint density at radius 3 is 2.31 bits per heavy atom. The minimum absolute atomic E-state index is 0.153. The summed E-state index contributed by atoms with van der Waals surface area (Å²) in [5.74, 6) is -2.13.